The number of terminal acetylenes is 1. The topological polar surface area (TPSA) is 95.5 Å². The van der Waals surface area contributed by atoms with Crippen LogP contribution in [0.3, 0.4) is 0 Å². The molecule has 2 aromatic carbocycles. The molecule has 2 rings (SSSR count). The van der Waals surface area contributed by atoms with Gasteiger partial charge in [-0.15, -0.1) is 6.42 Å². The summed E-state index contributed by atoms with van der Waals surface area (Å²) in [5, 5.41) is 13.7. The van der Waals surface area contributed by atoms with E-state index in [9.17, 15) is 14.4 Å². The van der Waals surface area contributed by atoms with Gasteiger partial charge in [-0.25, -0.2) is 0 Å². The van der Waals surface area contributed by atoms with Gasteiger partial charge < -0.3 is 15.7 Å². The summed E-state index contributed by atoms with van der Waals surface area (Å²) in [4.78, 5) is 35.4. The number of carboxylic acid groups (broad SMARTS) is 1. The predicted molar refractivity (Wildman–Crippen MR) is 96.4 cm³/mol. The summed E-state index contributed by atoms with van der Waals surface area (Å²) in [6, 6.07) is 14.6. The van der Waals surface area contributed by atoms with E-state index in [-0.39, 0.29) is 6.42 Å². The maximum Gasteiger partial charge on any atom is 0.322 e. The molecule has 0 radical (unpaired) electrons. The molecule has 0 aromatic heterocycles. The van der Waals surface area contributed by atoms with Crippen LogP contribution in [0.15, 0.2) is 54.6 Å². The molecule has 0 saturated heterocycles. The second-order valence-electron chi connectivity index (χ2n) is 5.55. The number of rotatable bonds is 7. The van der Waals surface area contributed by atoms with Crippen molar-refractivity contribution < 1.29 is 19.5 Å². The summed E-state index contributed by atoms with van der Waals surface area (Å²) in [7, 11) is 0. The van der Waals surface area contributed by atoms with Crippen molar-refractivity contribution in [3.05, 3.63) is 71.3 Å². The minimum absolute atomic E-state index is 0.237. The van der Waals surface area contributed by atoms with Gasteiger partial charge in [-0.1, -0.05) is 36.3 Å². The highest BCUT2D eigenvalue weighted by Crippen LogP contribution is 2.07. The number of hydrogen-bond acceptors (Lipinski definition) is 3. The van der Waals surface area contributed by atoms with Gasteiger partial charge in [0.1, 0.15) is 12.6 Å². The van der Waals surface area contributed by atoms with Crippen molar-refractivity contribution in [2.45, 2.75) is 12.5 Å². The smallest absolute Gasteiger partial charge is 0.322 e. The highest BCUT2D eigenvalue weighted by molar-refractivity contribution is 5.98. The van der Waals surface area contributed by atoms with Gasteiger partial charge in [0.15, 0.2) is 0 Å². The van der Waals surface area contributed by atoms with Crippen LogP contribution in [0.2, 0.25) is 0 Å². The largest absolute Gasteiger partial charge is 0.480 e. The van der Waals surface area contributed by atoms with Crippen LogP contribution in [0.1, 0.15) is 21.5 Å². The Morgan fingerprint density at radius 1 is 1.04 bits per heavy atom. The van der Waals surface area contributed by atoms with E-state index in [1.54, 1.807) is 24.3 Å². The molecule has 0 aliphatic carbocycles. The summed E-state index contributed by atoms with van der Waals surface area (Å²) >= 11 is 0. The van der Waals surface area contributed by atoms with Gasteiger partial charge in [0.2, 0.25) is 5.91 Å². The standard InChI is InChI=1S/C20H18N2O4/c1-2-14-8-10-16(11-9-14)19(25)22-17(20(26)21-13-18(23)24)12-15-6-4-3-5-7-15/h1,3-11,17H,12-13H2,(H,21,26)(H,22,25)(H,23,24)/t17-/m0/s1. The first-order valence-corrected chi connectivity index (χ1v) is 7.90. The Labute approximate surface area is 151 Å². The van der Waals surface area contributed by atoms with Crippen molar-refractivity contribution in [1.29, 1.82) is 0 Å². The van der Waals surface area contributed by atoms with E-state index in [2.05, 4.69) is 16.6 Å². The van der Waals surface area contributed by atoms with Gasteiger partial charge in [0, 0.05) is 17.5 Å². The lowest BCUT2D eigenvalue weighted by Crippen LogP contribution is -2.49. The van der Waals surface area contributed by atoms with Crippen LogP contribution in [-0.2, 0) is 16.0 Å². The highest BCUT2D eigenvalue weighted by atomic mass is 16.4. The van der Waals surface area contributed by atoms with Crippen molar-refractivity contribution >= 4 is 17.8 Å². The fourth-order valence-corrected chi connectivity index (χ4v) is 2.30. The first kappa shape index (κ1) is 18.7. The van der Waals surface area contributed by atoms with Crippen LogP contribution in [0.4, 0.5) is 0 Å². The number of hydrogen-bond donors (Lipinski definition) is 3. The second kappa shape index (κ2) is 9.04. The van der Waals surface area contributed by atoms with Crippen molar-refractivity contribution in [3.63, 3.8) is 0 Å². The van der Waals surface area contributed by atoms with Crippen LogP contribution >= 0.6 is 0 Å². The van der Waals surface area contributed by atoms with Gasteiger partial charge >= 0.3 is 5.97 Å². The first-order chi connectivity index (χ1) is 12.5. The number of amides is 2. The fourth-order valence-electron chi connectivity index (χ4n) is 2.30. The Hall–Kier alpha value is -3.59. The van der Waals surface area contributed by atoms with Gasteiger partial charge in [-0.3, -0.25) is 14.4 Å². The first-order valence-electron chi connectivity index (χ1n) is 7.90. The lowest BCUT2D eigenvalue weighted by Gasteiger charge is -2.18. The van der Waals surface area contributed by atoms with Crippen molar-refractivity contribution in [1.82, 2.24) is 10.6 Å². The molecule has 0 heterocycles. The number of carbonyl (C=O) groups is 3. The number of nitrogens with one attached hydrogen (secondary N) is 2. The monoisotopic (exact) mass is 350 g/mol. The Morgan fingerprint density at radius 2 is 1.69 bits per heavy atom. The minimum Gasteiger partial charge on any atom is -0.480 e. The summed E-state index contributed by atoms with van der Waals surface area (Å²) in [6.45, 7) is -0.517. The number of carboxylic acids is 1. The van der Waals surface area contributed by atoms with E-state index < -0.39 is 30.4 Å². The molecule has 6 nitrogen and oxygen atoms in total. The van der Waals surface area contributed by atoms with Gasteiger partial charge in [-0.05, 0) is 29.8 Å². The van der Waals surface area contributed by atoms with Crippen molar-refractivity contribution in [2.75, 3.05) is 6.54 Å². The number of aliphatic carboxylic acids is 1. The molecule has 1 atom stereocenters. The SMILES string of the molecule is C#Cc1ccc(C(=O)N[C@@H](Cc2ccccc2)C(=O)NCC(=O)O)cc1. The van der Waals surface area contributed by atoms with Crippen LogP contribution in [0.5, 0.6) is 0 Å². The molecule has 2 amide bonds. The number of benzene rings is 2. The van der Waals surface area contributed by atoms with Gasteiger partial charge in [-0.2, -0.15) is 0 Å². The summed E-state index contributed by atoms with van der Waals surface area (Å²) in [6.07, 6.45) is 5.53. The highest BCUT2D eigenvalue weighted by Gasteiger charge is 2.22. The molecule has 0 aliphatic rings. The molecule has 0 aliphatic heterocycles. The zero-order valence-corrected chi connectivity index (χ0v) is 13.9. The lowest BCUT2D eigenvalue weighted by atomic mass is 10.0. The molecule has 3 N–H and O–H groups in total. The molecule has 0 bridgehead atoms. The maximum atomic E-state index is 12.4. The zero-order valence-electron chi connectivity index (χ0n) is 13.9. The normalized spacial score (nSPS) is 11.0. The average molecular weight is 350 g/mol. The van der Waals surface area contributed by atoms with E-state index in [4.69, 9.17) is 11.5 Å². The maximum absolute atomic E-state index is 12.4. The van der Waals surface area contributed by atoms with Crippen molar-refractivity contribution in [3.8, 4) is 12.3 Å². The average Bonchev–Trinajstić information content (AvgIpc) is 2.66. The van der Waals surface area contributed by atoms with Crippen LogP contribution in [0, 0.1) is 12.3 Å². The Kier molecular flexibility index (Phi) is 6.52. The van der Waals surface area contributed by atoms with E-state index >= 15 is 0 Å². The summed E-state index contributed by atoms with van der Waals surface area (Å²) in [5.41, 5.74) is 1.83. The van der Waals surface area contributed by atoms with Gasteiger partial charge in [0.05, 0.1) is 0 Å². The Morgan fingerprint density at radius 3 is 2.27 bits per heavy atom. The Balaban J connectivity index is 2.13. The molecule has 132 valence electrons. The zero-order chi connectivity index (χ0) is 18.9. The van der Waals surface area contributed by atoms with Crippen LogP contribution < -0.4 is 10.6 Å². The van der Waals surface area contributed by atoms with E-state index in [0.717, 1.165) is 5.56 Å². The quantitative estimate of drug-likeness (QED) is 0.654. The molecule has 0 fully saturated rings. The van der Waals surface area contributed by atoms with E-state index in [0.29, 0.717) is 11.1 Å². The molecular formula is C20H18N2O4. The summed E-state index contributed by atoms with van der Waals surface area (Å²) in [5.74, 6) is 0.292. The van der Waals surface area contributed by atoms with Crippen LogP contribution in [0.25, 0.3) is 0 Å². The molecule has 26 heavy (non-hydrogen) atoms. The summed E-state index contributed by atoms with van der Waals surface area (Å²) < 4.78 is 0. The lowest BCUT2D eigenvalue weighted by molar-refractivity contribution is -0.138. The Bertz CT molecular complexity index is 823. The van der Waals surface area contributed by atoms with E-state index in [1.807, 2.05) is 30.3 Å². The predicted octanol–water partition coefficient (Wildman–Crippen LogP) is 1.21. The van der Waals surface area contributed by atoms with Gasteiger partial charge in [0.25, 0.3) is 5.91 Å². The minimum atomic E-state index is -1.16. The van der Waals surface area contributed by atoms with Crippen molar-refractivity contribution in [2.24, 2.45) is 0 Å². The molecule has 0 unspecified atom stereocenters. The second-order valence-corrected chi connectivity index (χ2v) is 5.55. The van der Waals surface area contributed by atoms with Crippen LogP contribution in [-0.4, -0.2) is 35.5 Å². The fraction of sp³-hybridized carbons (Fsp3) is 0.150. The molecular weight excluding hydrogens is 332 g/mol. The third-order valence-corrected chi connectivity index (χ3v) is 3.63. The third-order valence-electron chi connectivity index (χ3n) is 3.63. The molecule has 0 saturated carbocycles. The van der Waals surface area contributed by atoms with E-state index in [1.165, 1.54) is 0 Å². The molecule has 0 spiro atoms. The molecule has 2 aromatic rings. The molecule has 6 heteroatoms. The third kappa shape index (κ3) is 5.49. The number of carbonyl (C=O) groups excluding carboxylic acids is 2.